The average molecular weight is 271 g/mol. The van der Waals surface area contributed by atoms with Crippen LogP contribution in [0.1, 0.15) is 20.8 Å². The van der Waals surface area contributed by atoms with E-state index in [-0.39, 0.29) is 5.91 Å². The summed E-state index contributed by atoms with van der Waals surface area (Å²) in [5, 5.41) is 4.61. The number of hydrogen-bond acceptors (Lipinski definition) is 4. The molecular formula is C14H13N3OS. The highest BCUT2D eigenvalue weighted by Gasteiger charge is 2.09. The van der Waals surface area contributed by atoms with Gasteiger partial charge >= 0.3 is 0 Å². The van der Waals surface area contributed by atoms with Crippen molar-refractivity contribution in [1.82, 2.24) is 4.98 Å². The van der Waals surface area contributed by atoms with Gasteiger partial charge < -0.3 is 11.1 Å². The van der Waals surface area contributed by atoms with E-state index >= 15 is 0 Å². The maximum absolute atomic E-state index is 12.0. The summed E-state index contributed by atoms with van der Waals surface area (Å²) in [5.74, 6) is 5.51. The van der Waals surface area contributed by atoms with Crippen molar-refractivity contribution in [3.63, 3.8) is 0 Å². The number of pyridine rings is 1. The van der Waals surface area contributed by atoms with Gasteiger partial charge in [0.15, 0.2) is 0 Å². The van der Waals surface area contributed by atoms with Gasteiger partial charge in [-0.15, -0.1) is 11.3 Å². The van der Waals surface area contributed by atoms with E-state index in [0.717, 1.165) is 10.4 Å². The van der Waals surface area contributed by atoms with Gasteiger partial charge in [-0.05, 0) is 24.6 Å². The van der Waals surface area contributed by atoms with E-state index < -0.39 is 0 Å². The van der Waals surface area contributed by atoms with E-state index in [0.29, 0.717) is 17.8 Å². The van der Waals surface area contributed by atoms with Crippen LogP contribution < -0.4 is 11.1 Å². The molecule has 0 fully saturated rings. The maximum Gasteiger partial charge on any atom is 0.256 e. The first-order valence-electron chi connectivity index (χ1n) is 5.70. The third kappa shape index (κ3) is 3.41. The van der Waals surface area contributed by atoms with Crippen LogP contribution in [0.5, 0.6) is 0 Å². The van der Waals surface area contributed by atoms with E-state index in [2.05, 4.69) is 22.1 Å². The van der Waals surface area contributed by atoms with Gasteiger partial charge in [0, 0.05) is 11.6 Å². The Bertz CT molecular complexity index is 652. The normalized spacial score (nSPS) is 9.58. The zero-order valence-corrected chi connectivity index (χ0v) is 11.3. The molecule has 4 nitrogen and oxygen atoms in total. The fourth-order valence-electron chi connectivity index (χ4n) is 1.45. The SMILES string of the molecule is Cc1ccncc1NC(=O)c1csc(C#CCN)c1. The Morgan fingerprint density at radius 2 is 2.42 bits per heavy atom. The van der Waals surface area contributed by atoms with Crippen molar-refractivity contribution in [2.75, 3.05) is 11.9 Å². The number of nitrogens with one attached hydrogen (secondary N) is 1. The van der Waals surface area contributed by atoms with Crippen LogP contribution in [0, 0.1) is 18.8 Å². The summed E-state index contributed by atoms with van der Waals surface area (Å²) in [5.41, 5.74) is 7.59. The molecule has 0 spiro atoms. The van der Waals surface area contributed by atoms with Crippen LogP contribution in [0.2, 0.25) is 0 Å². The molecule has 0 saturated heterocycles. The number of nitrogens with zero attached hydrogens (tertiary/aromatic N) is 1. The van der Waals surface area contributed by atoms with Crippen LogP contribution in [0.15, 0.2) is 29.9 Å². The Morgan fingerprint density at radius 1 is 1.58 bits per heavy atom. The summed E-state index contributed by atoms with van der Waals surface area (Å²) in [4.78, 5) is 16.9. The van der Waals surface area contributed by atoms with Crippen molar-refractivity contribution < 1.29 is 4.79 Å². The molecule has 2 heterocycles. The summed E-state index contributed by atoms with van der Waals surface area (Å²) >= 11 is 1.43. The maximum atomic E-state index is 12.0. The predicted octanol–water partition coefficient (Wildman–Crippen LogP) is 2.01. The lowest BCUT2D eigenvalue weighted by molar-refractivity contribution is 0.102. The van der Waals surface area contributed by atoms with Crippen LogP contribution in [-0.2, 0) is 0 Å². The Balaban J connectivity index is 2.12. The van der Waals surface area contributed by atoms with Gasteiger partial charge in [0.05, 0.1) is 28.9 Å². The van der Waals surface area contributed by atoms with E-state index in [1.807, 2.05) is 13.0 Å². The second-order valence-corrected chi connectivity index (χ2v) is 4.76. The summed E-state index contributed by atoms with van der Waals surface area (Å²) in [6, 6.07) is 3.61. The highest BCUT2D eigenvalue weighted by atomic mass is 32.1. The number of thiophene rings is 1. The molecule has 0 aromatic carbocycles. The van der Waals surface area contributed by atoms with Gasteiger partial charge in [0.2, 0.25) is 0 Å². The molecule has 19 heavy (non-hydrogen) atoms. The second kappa shape index (κ2) is 6.14. The number of rotatable bonds is 2. The van der Waals surface area contributed by atoms with Gasteiger partial charge in [0.1, 0.15) is 0 Å². The first-order chi connectivity index (χ1) is 9.20. The van der Waals surface area contributed by atoms with Gasteiger partial charge in [-0.3, -0.25) is 9.78 Å². The first-order valence-corrected chi connectivity index (χ1v) is 6.58. The average Bonchev–Trinajstić information content (AvgIpc) is 2.88. The first kappa shape index (κ1) is 13.3. The smallest absolute Gasteiger partial charge is 0.256 e. The molecule has 0 aliphatic rings. The molecule has 0 saturated carbocycles. The number of anilines is 1. The van der Waals surface area contributed by atoms with Crippen molar-refractivity contribution in [1.29, 1.82) is 0 Å². The minimum absolute atomic E-state index is 0.159. The number of aromatic nitrogens is 1. The molecule has 3 N–H and O–H groups in total. The van der Waals surface area contributed by atoms with Gasteiger partial charge in [-0.25, -0.2) is 0 Å². The fourth-order valence-corrected chi connectivity index (χ4v) is 2.20. The topological polar surface area (TPSA) is 68.0 Å². The Kier molecular flexibility index (Phi) is 4.29. The third-order valence-corrected chi connectivity index (χ3v) is 3.31. The molecule has 1 amide bonds. The number of carbonyl (C=O) groups excluding carboxylic acids is 1. The lowest BCUT2D eigenvalue weighted by Gasteiger charge is -2.05. The Hall–Kier alpha value is -2.16. The molecule has 0 aliphatic heterocycles. The van der Waals surface area contributed by atoms with Crippen LogP contribution in [0.3, 0.4) is 0 Å². The van der Waals surface area contributed by atoms with Crippen molar-refractivity contribution in [3.05, 3.63) is 45.9 Å². The zero-order valence-electron chi connectivity index (χ0n) is 10.4. The third-order valence-electron chi connectivity index (χ3n) is 2.46. The lowest BCUT2D eigenvalue weighted by Crippen LogP contribution is -2.11. The Morgan fingerprint density at radius 3 is 3.16 bits per heavy atom. The number of amides is 1. The largest absolute Gasteiger partial charge is 0.320 e. The molecule has 0 atom stereocenters. The fraction of sp³-hybridized carbons (Fsp3) is 0.143. The summed E-state index contributed by atoms with van der Waals surface area (Å²) in [6.07, 6.45) is 3.32. The molecular weight excluding hydrogens is 258 g/mol. The second-order valence-electron chi connectivity index (χ2n) is 3.85. The van der Waals surface area contributed by atoms with Crippen molar-refractivity contribution in [2.24, 2.45) is 5.73 Å². The molecule has 0 bridgehead atoms. The standard InChI is InChI=1S/C14H13N3OS/c1-10-4-6-16-8-13(10)17-14(18)11-7-12(19-9-11)3-2-5-15/h4,6-9H,5,15H2,1H3,(H,17,18). The molecule has 0 radical (unpaired) electrons. The van der Waals surface area contributed by atoms with Gasteiger partial charge in [-0.2, -0.15) is 0 Å². The van der Waals surface area contributed by atoms with Crippen LogP contribution >= 0.6 is 11.3 Å². The van der Waals surface area contributed by atoms with E-state index in [1.165, 1.54) is 11.3 Å². The van der Waals surface area contributed by atoms with E-state index in [4.69, 9.17) is 5.73 Å². The highest BCUT2D eigenvalue weighted by molar-refractivity contribution is 7.10. The lowest BCUT2D eigenvalue weighted by atomic mass is 10.2. The summed E-state index contributed by atoms with van der Waals surface area (Å²) in [7, 11) is 0. The molecule has 2 aromatic heterocycles. The number of carbonyl (C=O) groups is 1. The van der Waals surface area contributed by atoms with Crippen LogP contribution in [0.25, 0.3) is 0 Å². The summed E-state index contributed by atoms with van der Waals surface area (Å²) in [6.45, 7) is 2.23. The van der Waals surface area contributed by atoms with Gasteiger partial charge in [0.25, 0.3) is 5.91 Å². The van der Waals surface area contributed by atoms with Crippen molar-refractivity contribution in [2.45, 2.75) is 6.92 Å². The molecule has 2 rings (SSSR count). The van der Waals surface area contributed by atoms with Gasteiger partial charge in [-0.1, -0.05) is 11.8 Å². The molecule has 0 unspecified atom stereocenters. The van der Waals surface area contributed by atoms with E-state index in [1.54, 1.807) is 23.8 Å². The highest BCUT2D eigenvalue weighted by Crippen LogP contribution is 2.17. The minimum Gasteiger partial charge on any atom is -0.320 e. The number of nitrogens with two attached hydrogens (primary N) is 1. The number of aryl methyl sites for hydroxylation is 1. The predicted molar refractivity (Wildman–Crippen MR) is 77.2 cm³/mol. The minimum atomic E-state index is -0.159. The molecule has 5 heteroatoms. The molecule has 96 valence electrons. The quantitative estimate of drug-likeness (QED) is 0.821. The molecule has 0 aliphatic carbocycles. The van der Waals surface area contributed by atoms with Crippen molar-refractivity contribution in [3.8, 4) is 11.8 Å². The number of hydrogen-bond donors (Lipinski definition) is 2. The summed E-state index contributed by atoms with van der Waals surface area (Å²) < 4.78 is 0. The molecule has 2 aromatic rings. The Labute approximate surface area is 115 Å². The van der Waals surface area contributed by atoms with Crippen LogP contribution in [-0.4, -0.2) is 17.4 Å². The van der Waals surface area contributed by atoms with E-state index in [9.17, 15) is 4.79 Å². The van der Waals surface area contributed by atoms with Crippen molar-refractivity contribution >= 4 is 22.9 Å². The zero-order chi connectivity index (χ0) is 13.7. The monoisotopic (exact) mass is 271 g/mol. The van der Waals surface area contributed by atoms with Crippen LogP contribution in [0.4, 0.5) is 5.69 Å².